The van der Waals surface area contributed by atoms with Gasteiger partial charge in [-0.2, -0.15) is 4.37 Å². The largest absolute Gasteiger partial charge is 0.364 e. The molecule has 0 aliphatic heterocycles. The predicted octanol–water partition coefficient (Wildman–Crippen LogP) is 1.58. The van der Waals surface area contributed by atoms with Crippen LogP contribution in [0.3, 0.4) is 0 Å². The van der Waals surface area contributed by atoms with Gasteiger partial charge in [0.15, 0.2) is 15.5 Å². The lowest BCUT2D eigenvalue weighted by Gasteiger charge is -2.09. The van der Waals surface area contributed by atoms with Gasteiger partial charge in [0, 0.05) is 5.39 Å². The minimum Gasteiger partial charge on any atom is -0.364 e. The maximum Gasteiger partial charge on any atom is 0.269 e. The lowest BCUT2D eigenvalue weighted by Crippen LogP contribution is -2.16. The van der Waals surface area contributed by atoms with Gasteiger partial charge < -0.3 is 5.73 Å². The van der Waals surface area contributed by atoms with Gasteiger partial charge in [-0.1, -0.05) is 6.07 Å². The average molecular weight is 284 g/mol. The van der Waals surface area contributed by atoms with E-state index in [0.29, 0.717) is 10.1 Å². The second-order valence-electron chi connectivity index (χ2n) is 4.12. The minimum atomic E-state index is -3.47. The molecule has 2 aromatic rings. The van der Waals surface area contributed by atoms with Crippen LogP contribution in [-0.4, -0.2) is 23.9 Å². The molecule has 1 aromatic heterocycles. The number of carbonyl (C=O) groups is 1. The maximum absolute atomic E-state index is 12.2. The molecule has 0 atom stereocenters. The Morgan fingerprint density at radius 3 is 2.61 bits per heavy atom. The highest BCUT2D eigenvalue weighted by Crippen LogP contribution is 2.31. The van der Waals surface area contributed by atoms with Gasteiger partial charge in [-0.3, -0.25) is 4.79 Å². The highest BCUT2D eigenvalue weighted by atomic mass is 32.2. The summed E-state index contributed by atoms with van der Waals surface area (Å²) in [5.74, 6) is -0.715. The number of rotatable bonds is 3. The Labute approximate surface area is 109 Å². The van der Waals surface area contributed by atoms with Crippen molar-refractivity contribution >= 4 is 37.4 Å². The van der Waals surface area contributed by atoms with Crippen molar-refractivity contribution in [3.8, 4) is 0 Å². The normalized spacial score (nSPS) is 12.2. The van der Waals surface area contributed by atoms with Crippen LogP contribution >= 0.6 is 11.5 Å². The molecule has 0 aliphatic rings. The van der Waals surface area contributed by atoms with Gasteiger partial charge in [-0.05, 0) is 37.5 Å². The lowest BCUT2D eigenvalue weighted by atomic mass is 10.2. The van der Waals surface area contributed by atoms with Crippen LogP contribution in [0.5, 0.6) is 0 Å². The van der Waals surface area contributed by atoms with E-state index in [1.54, 1.807) is 26.0 Å². The van der Waals surface area contributed by atoms with Gasteiger partial charge in [-0.15, -0.1) is 0 Å². The smallest absolute Gasteiger partial charge is 0.269 e. The first-order chi connectivity index (χ1) is 8.35. The molecule has 7 heteroatoms. The second-order valence-corrected chi connectivity index (χ2v) is 7.40. The van der Waals surface area contributed by atoms with E-state index in [1.165, 1.54) is 6.07 Å². The Kier molecular flexibility index (Phi) is 3.12. The molecular formula is C11H12N2O3S2. The minimum absolute atomic E-state index is 0.0230. The summed E-state index contributed by atoms with van der Waals surface area (Å²) in [6.07, 6.45) is 0. The van der Waals surface area contributed by atoms with E-state index < -0.39 is 21.0 Å². The van der Waals surface area contributed by atoms with Gasteiger partial charge in [0.05, 0.1) is 14.8 Å². The standard InChI is InChI=1S/C11H12N2O3S2/c1-6(2)18(15,16)8-5-3-4-7-9(8)10(11(12)14)13-17-7/h3-6H,1-2H3,(H2,12,14). The first kappa shape index (κ1) is 13.0. The number of carbonyl (C=O) groups excluding carboxylic acids is 1. The quantitative estimate of drug-likeness (QED) is 0.926. The fourth-order valence-corrected chi connectivity index (χ4v) is 3.76. The predicted molar refractivity (Wildman–Crippen MR) is 70.5 cm³/mol. The van der Waals surface area contributed by atoms with E-state index in [4.69, 9.17) is 5.73 Å². The molecule has 0 radical (unpaired) electrons. The number of benzene rings is 1. The number of amides is 1. The average Bonchev–Trinajstić information content (AvgIpc) is 2.71. The summed E-state index contributed by atoms with van der Waals surface area (Å²) in [6.45, 7) is 3.19. The summed E-state index contributed by atoms with van der Waals surface area (Å²) in [5.41, 5.74) is 5.25. The third-order valence-electron chi connectivity index (χ3n) is 2.62. The number of aromatic nitrogens is 1. The third kappa shape index (κ3) is 1.89. The molecule has 0 bridgehead atoms. The summed E-state index contributed by atoms with van der Waals surface area (Å²) >= 11 is 1.07. The molecule has 1 heterocycles. The van der Waals surface area contributed by atoms with E-state index in [0.717, 1.165) is 11.5 Å². The summed E-state index contributed by atoms with van der Waals surface area (Å²) in [4.78, 5) is 11.4. The van der Waals surface area contributed by atoms with Gasteiger partial charge >= 0.3 is 0 Å². The van der Waals surface area contributed by atoms with Crippen molar-refractivity contribution in [3.05, 3.63) is 23.9 Å². The maximum atomic E-state index is 12.2. The van der Waals surface area contributed by atoms with Gasteiger partial charge in [0.2, 0.25) is 0 Å². The number of nitrogens with zero attached hydrogens (tertiary/aromatic N) is 1. The molecule has 0 spiro atoms. The molecule has 1 amide bonds. The first-order valence-corrected chi connectivity index (χ1v) is 7.59. The lowest BCUT2D eigenvalue weighted by molar-refractivity contribution is 0.0998. The Bertz CT molecular complexity index is 717. The van der Waals surface area contributed by atoms with Crippen molar-refractivity contribution < 1.29 is 13.2 Å². The molecule has 0 saturated carbocycles. The number of fused-ring (bicyclic) bond motifs is 1. The molecular weight excluding hydrogens is 272 g/mol. The van der Waals surface area contributed by atoms with Crippen molar-refractivity contribution in [1.82, 2.24) is 4.37 Å². The summed E-state index contributed by atoms with van der Waals surface area (Å²) < 4.78 is 29.1. The zero-order valence-corrected chi connectivity index (χ0v) is 11.5. The molecule has 0 saturated heterocycles. The van der Waals surface area contributed by atoms with E-state index in [2.05, 4.69) is 4.37 Å². The molecule has 18 heavy (non-hydrogen) atoms. The molecule has 2 rings (SSSR count). The van der Waals surface area contributed by atoms with Gasteiger partial charge in [0.1, 0.15) is 0 Å². The van der Waals surface area contributed by atoms with E-state index >= 15 is 0 Å². The van der Waals surface area contributed by atoms with Gasteiger partial charge in [-0.25, -0.2) is 8.42 Å². The molecule has 1 aromatic carbocycles. The summed E-state index contributed by atoms with van der Waals surface area (Å²) in [7, 11) is -3.47. The van der Waals surface area contributed by atoms with Crippen LogP contribution in [0.25, 0.3) is 10.1 Å². The first-order valence-electron chi connectivity index (χ1n) is 5.27. The molecule has 0 fully saturated rings. The fourth-order valence-electron chi connectivity index (χ4n) is 1.62. The molecule has 96 valence electrons. The SMILES string of the molecule is CC(C)S(=O)(=O)c1cccc2snc(C(N)=O)c12. The van der Waals surface area contributed by atoms with Crippen LogP contribution in [-0.2, 0) is 9.84 Å². The van der Waals surface area contributed by atoms with Crippen LogP contribution in [0, 0.1) is 0 Å². The van der Waals surface area contributed by atoms with Crippen molar-refractivity contribution in [2.45, 2.75) is 24.0 Å². The molecule has 0 aliphatic carbocycles. The van der Waals surface area contributed by atoms with E-state index in [-0.39, 0.29) is 10.6 Å². The Morgan fingerprint density at radius 2 is 2.06 bits per heavy atom. The summed E-state index contributed by atoms with van der Waals surface area (Å²) in [6, 6.07) is 4.85. The van der Waals surface area contributed by atoms with Crippen LogP contribution < -0.4 is 5.73 Å². The number of primary amides is 1. The number of nitrogens with two attached hydrogens (primary N) is 1. The topological polar surface area (TPSA) is 90.1 Å². The van der Waals surface area contributed by atoms with Crippen LogP contribution in [0.4, 0.5) is 0 Å². The Hall–Kier alpha value is -1.47. The Morgan fingerprint density at radius 1 is 1.39 bits per heavy atom. The van der Waals surface area contributed by atoms with Crippen molar-refractivity contribution in [3.63, 3.8) is 0 Å². The zero-order valence-electron chi connectivity index (χ0n) is 9.88. The highest BCUT2D eigenvalue weighted by molar-refractivity contribution is 7.92. The third-order valence-corrected chi connectivity index (χ3v) is 5.63. The Balaban J connectivity index is 2.88. The fraction of sp³-hybridized carbons (Fsp3) is 0.273. The number of sulfone groups is 1. The van der Waals surface area contributed by atoms with Crippen molar-refractivity contribution in [2.75, 3.05) is 0 Å². The number of hydrogen-bond donors (Lipinski definition) is 1. The molecule has 5 nitrogen and oxygen atoms in total. The summed E-state index contributed by atoms with van der Waals surface area (Å²) in [5, 5.41) is -0.229. The van der Waals surface area contributed by atoms with Crippen molar-refractivity contribution in [1.29, 1.82) is 0 Å². The molecule has 2 N–H and O–H groups in total. The van der Waals surface area contributed by atoms with E-state index in [1.807, 2.05) is 0 Å². The highest BCUT2D eigenvalue weighted by Gasteiger charge is 2.25. The van der Waals surface area contributed by atoms with E-state index in [9.17, 15) is 13.2 Å². The monoisotopic (exact) mass is 284 g/mol. The number of hydrogen-bond acceptors (Lipinski definition) is 5. The van der Waals surface area contributed by atoms with Crippen LogP contribution in [0.1, 0.15) is 24.3 Å². The van der Waals surface area contributed by atoms with Gasteiger partial charge in [0.25, 0.3) is 5.91 Å². The molecule has 0 unspecified atom stereocenters. The second kappa shape index (κ2) is 4.33. The zero-order chi connectivity index (χ0) is 13.5. The van der Waals surface area contributed by atoms with Crippen LogP contribution in [0.15, 0.2) is 23.1 Å². The van der Waals surface area contributed by atoms with Crippen LogP contribution in [0.2, 0.25) is 0 Å². The van der Waals surface area contributed by atoms with Crippen molar-refractivity contribution in [2.24, 2.45) is 5.73 Å².